The van der Waals surface area contributed by atoms with Gasteiger partial charge < -0.3 is 5.73 Å². The van der Waals surface area contributed by atoms with E-state index in [2.05, 4.69) is 10.5 Å². The largest absolute Gasteiger partial charge is 0.307 e. The quantitative estimate of drug-likeness (QED) is 0.421. The SMILES string of the molecule is NC1NN=CC1F. The first-order chi connectivity index (χ1) is 3.30. The molecule has 1 heterocycles. The molecule has 0 saturated carbocycles. The van der Waals surface area contributed by atoms with E-state index in [-0.39, 0.29) is 0 Å². The maximum absolute atomic E-state index is 12.0. The van der Waals surface area contributed by atoms with E-state index >= 15 is 0 Å². The number of nitrogens with zero attached hydrogens (tertiary/aromatic N) is 1. The molecule has 0 spiro atoms. The summed E-state index contributed by atoms with van der Waals surface area (Å²) in [5.41, 5.74) is 7.41. The van der Waals surface area contributed by atoms with Crippen LogP contribution in [0.5, 0.6) is 0 Å². The van der Waals surface area contributed by atoms with Crippen LogP contribution in [0.1, 0.15) is 0 Å². The van der Waals surface area contributed by atoms with Crippen LogP contribution >= 0.6 is 0 Å². The molecule has 0 saturated heterocycles. The van der Waals surface area contributed by atoms with Crippen LogP contribution in [-0.4, -0.2) is 18.6 Å². The lowest BCUT2D eigenvalue weighted by Gasteiger charge is -2.01. The summed E-state index contributed by atoms with van der Waals surface area (Å²) in [6, 6.07) is 0. The number of alkyl halides is 1. The first kappa shape index (κ1) is 4.52. The van der Waals surface area contributed by atoms with E-state index in [0.29, 0.717) is 0 Å². The van der Waals surface area contributed by atoms with Crippen molar-refractivity contribution in [2.75, 3.05) is 0 Å². The zero-order valence-corrected chi connectivity index (χ0v) is 3.63. The smallest absolute Gasteiger partial charge is 0.171 e. The second-order valence-corrected chi connectivity index (χ2v) is 1.38. The highest BCUT2D eigenvalue weighted by molar-refractivity contribution is 5.65. The summed E-state index contributed by atoms with van der Waals surface area (Å²) in [7, 11) is 0. The normalized spacial score (nSPS) is 38.6. The van der Waals surface area contributed by atoms with Crippen LogP contribution in [0.25, 0.3) is 0 Å². The Morgan fingerprint density at radius 2 is 2.57 bits per heavy atom. The van der Waals surface area contributed by atoms with Crippen molar-refractivity contribution in [2.45, 2.75) is 12.3 Å². The second-order valence-electron chi connectivity index (χ2n) is 1.38. The summed E-state index contributed by atoms with van der Waals surface area (Å²) in [6.07, 6.45) is -0.593. The molecule has 1 rings (SSSR count). The van der Waals surface area contributed by atoms with Crippen LogP contribution in [0.4, 0.5) is 4.39 Å². The maximum atomic E-state index is 12.0. The highest BCUT2D eigenvalue weighted by Crippen LogP contribution is 1.94. The van der Waals surface area contributed by atoms with E-state index in [0.717, 1.165) is 6.21 Å². The molecule has 0 aromatic carbocycles. The number of nitrogens with two attached hydrogens (primary N) is 1. The molecule has 40 valence electrons. The van der Waals surface area contributed by atoms with Crippen molar-refractivity contribution < 1.29 is 4.39 Å². The highest BCUT2D eigenvalue weighted by Gasteiger charge is 2.17. The minimum absolute atomic E-state index is 0.625. The minimum atomic E-state index is -1.11. The standard InChI is InChI=1S/C3H6FN3/c4-2-1-6-7-3(2)5/h1-3,7H,5H2. The molecular weight excluding hydrogens is 97.1 g/mol. The van der Waals surface area contributed by atoms with Crippen LogP contribution in [0, 0.1) is 0 Å². The Hall–Kier alpha value is -0.640. The van der Waals surface area contributed by atoms with Gasteiger partial charge in [-0.25, -0.2) is 4.39 Å². The van der Waals surface area contributed by atoms with Gasteiger partial charge in [-0.1, -0.05) is 0 Å². The molecule has 1 aliphatic rings. The third-order valence-electron chi connectivity index (χ3n) is 0.784. The molecule has 1 aliphatic heterocycles. The topological polar surface area (TPSA) is 50.4 Å². The fourth-order valence-corrected chi connectivity index (χ4v) is 0.364. The third-order valence-corrected chi connectivity index (χ3v) is 0.784. The second kappa shape index (κ2) is 1.46. The molecule has 2 unspecified atom stereocenters. The lowest BCUT2D eigenvalue weighted by atomic mass is 10.4. The maximum Gasteiger partial charge on any atom is 0.171 e. The van der Waals surface area contributed by atoms with Crippen molar-refractivity contribution >= 4 is 6.21 Å². The van der Waals surface area contributed by atoms with Crippen molar-refractivity contribution in [2.24, 2.45) is 10.8 Å². The van der Waals surface area contributed by atoms with Gasteiger partial charge in [-0.2, -0.15) is 5.10 Å². The number of hydrogen-bond donors (Lipinski definition) is 2. The van der Waals surface area contributed by atoms with E-state index in [1.165, 1.54) is 0 Å². The van der Waals surface area contributed by atoms with Gasteiger partial charge in [-0.3, -0.25) is 5.43 Å². The number of hydrogen-bond acceptors (Lipinski definition) is 3. The molecule has 4 heteroatoms. The number of halogens is 1. The number of rotatable bonds is 0. The van der Waals surface area contributed by atoms with Gasteiger partial charge in [0.25, 0.3) is 0 Å². The summed E-state index contributed by atoms with van der Waals surface area (Å²) in [5.74, 6) is 0. The predicted molar refractivity (Wildman–Crippen MR) is 24.5 cm³/mol. The Morgan fingerprint density at radius 1 is 1.86 bits per heavy atom. The van der Waals surface area contributed by atoms with Gasteiger partial charge in [0.1, 0.15) is 6.17 Å². The Kier molecular flexibility index (Phi) is 0.941. The number of hydrazone groups is 1. The van der Waals surface area contributed by atoms with E-state index in [9.17, 15) is 4.39 Å². The fraction of sp³-hybridized carbons (Fsp3) is 0.667. The molecule has 0 amide bonds. The lowest BCUT2D eigenvalue weighted by Crippen LogP contribution is -2.37. The Balaban J connectivity index is 2.45. The van der Waals surface area contributed by atoms with Crippen molar-refractivity contribution in [3.63, 3.8) is 0 Å². The van der Waals surface area contributed by atoms with Crippen LogP contribution < -0.4 is 11.2 Å². The summed E-state index contributed by atoms with van der Waals surface area (Å²) in [6.45, 7) is 0. The molecule has 0 radical (unpaired) electrons. The molecular formula is C3H6FN3. The molecule has 0 aromatic rings. The molecule has 0 aliphatic carbocycles. The lowest BCUT2D eigenvalue weighted by molar-refractivity contribution is 0.356. The van der Waals surface area contributed by atoms with Crippen LogP contribution in [-0.2, 0) is 0 Å². The Bertz CT molecular complexity index is 92.2. The first-order valence-electron chi connectivity index (χ1n) is 1.99. The summed E-state index contributed by atoms with van der Waals surface area (Å²) in [4.78, 5) is 0. The Labute approximate surface area is 40.4 Å². The monoisotopic (exact) mass is 103 g/mol. The van der Waals surface area contributed by atoms with Gasteiger partial charge in [0, 0.05) is 0 Å². The summed E-state index contributed by atoms with van der Waals surface area (Å²) in [5, 5.41) is 3.37. The summed E-state index contributed by atoms with van der Waals surface area (Å²) >= 11 is 0. The van der Waals surface area contributed by atoms with Gasteiger partial charge in [0.15, 0.2) is 6.17 Å². The highest BCUT2D eigenvalue weighted by atomic mass is 19.1. The predicted octanol–water partition coefficient (Wildman–Crippen LogP) is -0.802. The molecule has 0 fully saturated rings. The third kappa shape index (κ3) is 0.691. The molecule has 7 heavy (non-hydrogen) atoms. The average molecular weight is 103 g/mol. The van der Waals surface area contributed by atoms with E-state index < -0.39 is 12.3 Å². The molecule has 0 aromatic heterocycles. The Morgan fingerprint density at radius 3 is 2.71 bits per heavy atom. The van der Waals surface area contributed by atoms with E-state index in [1.807, 2.05) is 0 Å². The van der Waals surface area contributed by atoms with Crippen LogP contribution in [0.3, 0.4) is 0 Å². The zero-order chi connectivity index (χ0) is 5.28. The summed E-state index contributed by atoms with van der Waals surface area (Å²) < 4.78 is 12.0. The van der Waals surface area contributed by atoms with Crippen LogP contribution in [0.2, 0.25) is 0 Å². The van der Waals surface area contributed by atoms with Gasteiger partial charge in [0.05, 0.1) is 6.21 Å². The molecule has 3 nitrogen and oxygen atoms in total. The van der Waals surface area contributed by atoms with Gasteiger partial charge in [-0.15, -0.1) is 0 Å². The first-order valence-corrected chi connectivity index (χ1v) is 1.99. The molecule has 0 bridgehead atoms. The van der Waals surface area contributed by atoms with E-state index in [1.54, 1.807) is 0 Å². The van der Waals surface area contributed by atoms with Gasteiger partial charge in [0.2, 0.25) is 0 Å². The van der Waals surface area contributed by atoms with Crippen molar-refractivity contribution in [1.82, 2.24) is 5.43 Å². The average Bonchev–Trinajstić information content (AvgIpc) is 1.91. The van der Waals surface area contributed by atoms with Crippen LogP contribution in [0.15, 0.2) is 5.10 Å². The van der Waals surface area contributed by atoms with Crippen molar-refractivity contribution in [3.8, 4) is 0 Å². The van der Waals surface area contributed by atoms with Gasteiger partial charge in [-0.05, 0) is 0 Å². The van der Waals surface area contributed by atoms with Crippen molar-refractivity contribution in [3.05, 3.63) is 0 Å². The molecule has 2 atom stereocenters. The van der Waals surface area contributed by atoms with Gasteiger partial charge >= 0.3 is 0 Å². The number of nitrogens with one attached hydrogen (secondary N) is 1. The fourth-order valence-electron chi connectivity index (χ4n) is 0.364. The zero-order valence-electron chi connectivity index (χ0n) is 3.63. The van der Waals surface area contributed by atoms with Crippen molar-refractivity contribution in [1.29, 1.82) is 0 Å². The minimum Gasteiger partial charge on any atom is -0.307 e. The van der Waals surface area contributed by atoms with E-state index in [4.69, 9.17) is 5.73 Å². The molecule has 3 N–H and O–H groups in total.